The van der Waals surface area contributed by atoms with E-state index >= 15 is 0 Å². The molecule has 3 fully saturated rings. The summed E-state index contributed by atoms with van der Waals surface area (Å²) in [5.74, 6) is -9.88. The van der Waals surface area contributed by atoms with Crippen molar-refractivity contribution in [3.05, 3.63) is 35.5 Å². The number of fused-ring (bicyclic) bond motifs is 3. The summed E-state index contributed by atoms with van der Waals surface area (Å²) < 4.78 is 70.7. The van der Waals surface area contributed by atoms with Crippen molar-refractivity contribution in [2.24, 2.45) is 32.7 Å². The Labute approximate surface area is 571 Å². The van der Waals surface area contributed by atoms with Crippen LogP contribution in [0.2, 0.25) is 0 Å². The smallest absolute Gasteiger partial charge is 0.478 e. The highest BCUT2D eigenvalue weighted by Crippen LogP contribution is 2.38. The van der Waals surface area contributed by atoms with Gasteiger partial charge in [-0.1, -0.05) is 34.1 Å². The van der Waals surface area contributed by atoms with E-state index in [9.17, 15) is 90.0 Å². The minimum atomic E-state index is -2.62. The van der Waals surface area contributed by atoms with Crippen LogP contribution in [0.15, 0.2) is 50.5 Å². The Hall–Kier alpha value is -7.07. The number of hydrogen-bond donors (Lipinski definition) is 16. The van der Waals surface area contributed by atoms with Gasteiger partial charge in [-0.2, -0.15) is 0 Å². The van der Waals surface area contributed by atoms with Crippen molar-refractivity contribution < 1.29 is 182 Å². The highest BCUT2D eigenvalue weighted by atomic mass is 16.8. The van der Waals surface area contributed by atoms with Crippen molar-refractivity contribution >= 4 is 53.7 Å². The molecule has 40 heteroatoms. The lowest BCUT2D eigenvalue weighted by Crippen LogP contribution is -2.60. The topological polar surface area (TPSA) is 624 Å². The van der Waals surface area contributed by atoms with Crippen LogP contribution >= 0.6 is 0 Å². The van der Waals surface area contributed by atoms with Crippen LogP contribution in [0.1, 0.15) is 67.7 Å². The third-order valence-electron chi connectivity index (χ3n) is 17.2. The molecule has 0 amide bonds. The molecule has 9 aliphatic heterocycles. The monoisotopic (exact) mass is 1450 g/mol. The number of cyclic esters (lactones) is 2. The minimum absolute atomic E-state index is 0. The number of carbonyl (C=O) groups is 6. The van der Waals surface area contributed by atoms with Crippen molar-refractivity contribution in [3.8, 4) is 0 Å². The van der Waals surface area contributed by atoms with Gasteiger partial charge in [0, 0.05) is 63.7 Å². The zero-order valence-electron chi connectivity index (χ0n) is 56.3. The molecular formula is C60H93N3O37. The van der Waals surface area contributed by atoms with Gasteiger partial charge in [-0.3, -0.25) is 0 Å². The second-order valence-electron chi connectivity index (χ2n) is 24.1. The largest absolute Gasteiger partial charge is 0.508 e. The zero-order chi connectivity index (χ0) is 74.5. The second-order valence-corrected chi connectivity index (χ2v) is 24.1. The number of esters is 4. The number of aliphatic hydroxyl groups excluding tert-OH is 13. The number of nitrogens with zero attached hydrogens (tertiary/aromatic N) is 3. The predicted molar refractivity (Wildman–Crippen MR) is 328 cm³/mol. The molecule has 100 heavy (non-hydrogen) atoms. The summed E-state index contributed by atoms with van der Waals surface area (Å²) in [6, 6.07) is -1.48. The second kappa shape index (κ2) is 37.2. The quantitative estimate of drug-likeness (QED) is 0.0422. The van der Waals surface area contributed by atoms with E-state index in [0.29, 0.717) is 17.7 Å². The molecule has 0 radical (unpaired) electrons. The summed E-state index contributed by atoms with van der Waals surface area (Å²) in [7, 11) is 4.75. The molecule has 3 saturated heterocycles. The van der Waals surface area contributed by atoms with Crippen LogP contribution in [0.5, 0.6) is 0 Å². The fourth-order valence-corrected chi connectivity index (χ4v) is 11.2. The van der Waals surface area contributed by atoms with E-state index in [1.54, 1.807) is 26.8 Å². The number of aliphatic imine (C=N–C) groups is 3. The Kier molecular flexibility index (Phi) is 31.8. The van der Waals surface area contributed by atoms with Crippen LogP contribution < -0.4 is 0 Å². The molecule has 18 N–H and O–H groups in total. The average Bonchev–Trinajstić information content (AvgIpc) is 1.31. The normalized spacial score (nSPS) is 34.6. The first-order valence-electron chi connectivity index (χ1n) is 31.1. The number of aliphatic carboxylic acids is 1. The van der Waals surface area contributed by atoms with Crippen molar-refractivity contribution in [3.63, 3.8) is 0 Å². The molecule has 0 saturated carbocycles. The van der Waals surface area contributed by atoms with E-state index in [4.69, 9.17) is 63.1 Å². The van der Waals surface area contributed by atoms with E-state index in [1.807, 2.05) is 13.8 Å². The van der Waals surface area contributed by atoms with Gasteiger partial charge >= 0.3 is 36.0 Å². The van der Waals surface area contributed by atoms with Crippen LogP contribution in [-0.2, 0) is 90.3 Å². The summed E-state index contributed by atoms with van der Waals surface area (Å²) in [6.45, 7) is 9.76. The highest BCUT2D eigenvalue weighted by Gasteiger charge is 2.55. The lowest BCUT2D eigenvalue weighted by Gasteiger charge is -2.43. The first-order valence-corrected chi connectivity index (χ1v) is 31.1. The van der Waals surface area contributed by atoms with Crippen LogP contribution in [0.25, 0.3) is 0 Å². The first kappa shape index (κ1) is 85.3. The van der Waals surface area contributed by atoms with Crippen molar-refractivity contribution in [1.82, 2.24) is 0 Å². The van der Waals surface area contributed by atoms with Gasteiger partial charge in [-0.15, -0.1) is 0 Å². The molecule has 27 atom stereocenters. The lowest BCUT2D eigenvalue weighted by molar-refractivity contribution is -0.303. The summed E-state index contributed by atoms with van der Waals surface area (Å²) in [6.07, 6.45) is -17.4. The standard InChI is InChI=1S/C14H21NO5.C13H15NO8.C12H17NO7.C11H20O8.C10H18O8.H2O/c1-5-7(2)12(16)13-11-9(19-8(3)15-11)6-10(20-13)14(17)18-4;1-5-14-9-6(20-5)3-7(12(16)18-2)21-11(9)10(15)8-4-19-13(17)22-8;1-5-13-9-7(19-5)3-8(12(17)18-2)20-11(9)10(16)6(15)4-14;1-5-6(13)3-11(17,10(16)18-2)19-9(5)8(15)7(14)4-12;1-4-5(12)2-10(17,9(15)16)18-8(4)7(14)6(13)3-11;/h6-7,9,11-13,16H,5H2,1-4H3;3,6,8-11,15H,4H2,1-2H3;3,6-7,9-11,14-16H,4H2,1-2H3;5-9,12-15,17H,3-4H2,1-2H3;4-8,11-14,17H,2-3H2,1H3,(H,15,16);1H2/t7-,9-,11-,12-,13-;6-,8-,9-,10-,11-;6-,7-,9-,10-,11-;5-,6+,7-,8-,9-,11?;4-,5+,6-,7-,8-,10?;/m11111./s1. The fraction of sp³-hybridized carbons (Fsp3) is 0.750. The molecule has 0 aliphatic carbocycles. The molecule has 40 nitrogen and oxygen atoms in total. The Morgan fingerprint density at radius 1 is 0.540 bits per heavy atom. The summed E-state index contributed by atoms with van der Waals surface area (Å²) in [5.41, 5.74) is 0. The van der Waals surface area contributed by atoms with Crippen LogP contribution in [0.4, 0.5) is 4.79 Å². The molecule has 2 unspecified atom stereocenters. The summed E-state index contributed by atoms with van der Waals surface area (Å²) >= 11 is 0. The van der Waals surface area contributed by atoms with E-state index < -0.39 is 214 Å². The number of aliphatic hydroxyl groups is 15. The van der Waals surface area contributed by atoms with Crippen molar-refractivity contribution in [2.45, 2.75) is 213 Å². The zero-order valence-corrected chi connectivity index (χ0v) is 56.3. The van der Waals surface area contributed by atoms with Gasteiger partial charge < -0.3 is 153 Å². The molecule has 9 aliphatic rings. The number of methoxy groups -OCH3 is 4. The maximum Gasteiger partial charge on any atom is 0.508 e. The first-order chi connectivity index (χ1) is 46.4. The molecule has 0 aromatic carbocycles. The molecule has 0 aromatic rings. The minimum Gasteiger partial charge on any atom is -0.478 e. The number of carboxylic acids is 1. The molecule has 0 spiro atoms. The van der Waals surface area contributed by atoms with Gasteiger partial charge in [-0.25, -0.2) is 43.7 Å². The summed E-state index contributed by atoms with van der Waals surface area (Å²) in [4.78, 5) is 81.0. The van der Waals surface area contributed by atoms with Crippen molar-refractivity contribution in [1.29, 1.82) is 0 Å². The number of hydrogen-bond acceptors (Lipinski definition) is 38. The van der Waals surface area contributed by atoms with Gasteiger partial charge in [0.15, 0.2) is 42.1 Å². The fourth-order valence-electron chi connectivity index (χ4n) is 11.2. The van der Waals surface area contributed by atoms with E-state index in [2.05, 4.69) is 38.7 Å². The maximum atomic E-state index is 11.7. The van der Waals surface area contributed by atoms with E-state index in [0.717, 1.165) is 13.5 Å². The molecule has 9 rings (SSSR count). The number of ether oxygens (including phenoxy) is 14. The Bertz CT molecular complexity index is 2880. The van der Waals surface area contributed by atoms with Gasteiger partial charge in [0.1, 0.15) is 85.8 Å². The molecule has 0 bridgehead atoms. The number of carboxylic acid groups (broad SMARTS) is 1. The van der Waals surface area contributed by atoms with Gasteiger partial charge in [0.25, 0.3) is 11.6 Å². The van der Waals surface area contributed by atoms with E-state index in [-0.39, 0.29) is 47.4 Å². The molecule has 570 valence electrons. The third kappa shape index (κ3) is 20.4. The molecule has 0 aromatic heterocycles. The Morgan fingerprint density at radius 2 is 0.880 bits per heavy atom. The number of rotatable bonds is 19. The SMILES string of the molecule is CC[C@@H](C)[C@@H](O)[C@@H]1OC(C(=O)OC)=C[C@H]2OC(C)=N[C@@H]12.COC(=O)C1(O)C[C@H](O)[C@@H](C)[C@H]([C@H](O)[C@H](O)CO)O1.COC(=O)C1=C[C@H]2OC(C)=N[C@H]2[C@H]([C@H](O)[C@H](O)CO)O1.COC(=O)C1=C[C@H]2OC(C)=N[C@H]2[C@H]([C@H](O)[C@H]2COC(=O)O2)O1.C[C@H]1[C@H]([C@H](O)[C@H](O)CO)OC(O)(C(=O)O)C[C@@H]1O.O. The van der Waals surface area contributed by atoms with Crippen molar-refractivity contribution in [2.75, 3.05) is 54.9 Å². The van der Waals surface area contributed by atoms with E-state index in [1.165, 1.54) is 47.3 Å². The lowest BCUT2D eigenvalue weighted by atomic mass is 9.85. The van der Waals surface area contributed by atoms with Crippen LogP contribution in [-0.4, -0.2) is 341 Å². The Balaban J connectivity index is 0.000000265. The maximum absolute atomic E-state index is 11.7. The van der Waals surface area contributed by atoms with Gasteiger partial charge in [0.2, 0.25) is 17.3 Å². The Morgan fingerprint density at radius 3 is 1.21 bits per heavy atom. The van der Waals surface area contributed by atoms with Crippen LogP contribution in [0, 0.1) is 17.8 Å². The average molecular weight is 1450 g/mol. The highest BCUT2D eigenvalue weighted by molar-refractivity contribution is 5.88. The van der Waals surface area contributed by atoms with Gasteiger partial charge in [-0.05, 0) is 5.92 Å². The molecule has 9 heterocycles. The number of carbonyl (C=O) groups excluding carboxylic acids is 5. The molecular weight excluding hydrogens is 1350 g/mol. The van der Waals surface area contributed by atoms with Gasteiger partial charge in [0.05, 0.1) is 78.8 Å². The van der Waals surface area contributed by atoms with Crippen LogP contribution in [0.3, 0.4) is 0 Å². The third-order valence-corrected chi connectivity index (χ3v) is 17.2. The summed E-state index contributed by atoms with van der Waals surface area (Å²) in [5, 5.41) is 153. The predicted octanol–water partition coefficient (Wildman–Crippen LogP) is -7.32.